The zero-order chi connectivity index (χ0) is 19.3. The van der Waals surface area contributed by atoms with Gasteiger partial charge in [0.15, 0.2) is 0 Å². The van der Waals surface area contributed by atoms with Crippen LogP contribution in [-0.2, 0) is 4.74 Å². The molecule has 148 valence electrons. The molecule has 0 aromatic heterocycles. The average Bonchev–Trinajstić information content (AvgIpc) is 2.45. The number of ether oxygens (including phenoxy) is 1. The van der Waals surface area contributed by atoms with Crippen LogP contribution in [0.25, 0.3) is 0 Å². The summed E-state index contributed by atoms with van der Waals surface area (Å²) in [7, 11) is 0. The Morgan fingerprint density at radius 3 is 2.40 bits per heavy atom. The Labute approximate surface area is 156 Å². The summed E-state index contributed by atoms with van der Waals surface area (Å²) < 4.78 is 5.60. The summed E-state index contributed by atoms with van der Waals surface area (Å²) in [4.78, 5) is 14.4. The Bertz CT molecular complexity index is 419. The van der Waals surface area contributed by atoms with Gasteiger partial charge in [-0.25, -0.2) is 4.79 Å². The van der Waals surface area contributed by atoms with Gasteiger partial charge in [-0.1, -0.05) is 41.0 Å². The summed E-state index contributed by atoms with van der Waals surface area (Å²) in [5.41, 5.74) is 0.0733. The average molecular weight is 355 g/mol. The van der Waals surface area contributed by atoms with E-state index in [0.29, 0.717) is 11.3 Å². The molecule has 1 aliphatic heterocycles. The number of nitrogens with zero attached hydrogens (tertiary/aromatic N) is 1. The van der Waals surface area contributed by atoms with E-state index in [1.54, 1.807) is 0 Å². The smallest absolute Gasteiger partial charge is 0.410 e. The lowest BCUT2D eigenvalue weighted by Crippen LogP contribution is -2.51. The fourth-order valence-electron chi connectivity index (χ4n) is 3.52. The summed E-state index contributed by atoms with van der Waals surface area (Å²) in [6.45, 7) is 20.9. The minimum Gasteiger partial charge on any atom is -0.444 e. The lowest BCUT2D eigenvalue weighted by atomic mass is 9.76. The third-order valence-electron chi connectivity index (χ3n) is 5.52. The van der Waals surface area contributed by atoms with E-state index in [0.717, 1.165) is 45.4 Å². The van der Waals surface area contributed by atoms with Crippen molar-refractivity contribution in [2.75, 3.05) is 26.2 Å². The molecule has 2 unspecified atom stereocenters. The van der Waals surface area contributed by atoms with Gasteiger partial charge in [-0.2, -0.15) is 0 Å². The SMILES string of the molecule is CCCC1(CNCC(C)C(C)(C)C)CCCN(C(=O)OC(C)(C)C)C1. The number of nitrogens with one attached hydrogen (secondary N) is 1. The highest BCUT2D eigenvalue weighted by Gasteiger charge is 2.37. The minimum absolute atomic E-state index is 0.157. The molecule has 25 heavy (non-hydrogen) atoms. The minimum atomic E-state index is -0.428. The predicted molar refractivity (Wildman–Crippen MR) is 106 cm³/mol. The molecule has 0 aromatic carbocycles. The highest BCUT2D eigenvalue weighted by molar-refractivity contribution is 5.68. The Morgan fingerprint density at radius 1 is 1.24 bits per heavy atom. The van der Waals surface area contributed by atoms with Gasteiger partial charge in [-0.05, 0) is 57.9 Å². The molecule has 4 heteroatoms. The fourth-order valence-corrected chi connectivity index (χ4v) is 3.52. The molecule has 2 atom stereocenters. The van der Waals surface area contributed by atoms with Crippen molar-refractivity contribution >= 4 is 6.09 Å². The van der Waals surface area contributed by atoms with Gasteiger partial charge in [0.05, 0.1) is 0 Å². The molecule has 1 fully saturated rings. The number of piperidine rings is 1. The standard InChI is InChI=1S/C21H42N2O2/c1-9-11-21(15-22-14-17(2)19(3,4)5)12-10-13-23(16-21)18(24)25-20(6,7)8/h17,22H,9-16H2,1-8H3. The van der Waals surface area contributed by atoms with Crippen LogP contribution in [0.4, 0.5) is 4.79 Å². The number of rotatable bonds is 6. The van der Waals surface area contributed by atoms with Gasteiger partial charge in [-0.3, -0.25) is 0 Å². The van der Waals surface area contributed by atoms with Gasteiger partial charge < -0.3 is 15.0 Å². The lowest BCUT2D eigenvalue weighted by Gasteiger charge is -2.43. The molecule has 0 radical (unpaired) electrons. The van der Waals surface area contributed by atoms with Crippen molar-refractivity contribution < 1.29 is 9.53 Å². The third kappa shape index (κ3) is 7.55. The Balaban J connectivity index is 2.68. The molecule has 0 aromatic rings. The number of carbonyl (C=O) groups excluding carboxylic acids is 1. The molecule has 1 aliphatic rings. The van der Waals surface area contributed by atoms with Crippen LogP contribution in [0.3, 0.4) is 0 Å². The van der Waals surface area contributed by atoms with E-state index >= 15 is 0 Å². The number of amides is 1. The first-order valence-corrected chi connectivity index (χ1v) is 10.1. The van der Waals surface area contributed by atoms with Gasteiger partial charge in [0.2, 0.25) is 0 Å². The molecule has 1 rings (SSSR count). The molecule has 1 N–H and O–H groups in total. The van der Waals surface area contributed by atoms with Crippen LogP contribution in [-0.4, -0.2) is 42.8 Å². The van der Waals surface area contributed by atoms with Crippen molar-refractivity contribution in [1.29, 1.82) is 0 Å². The van der Waals surface area contributed by atoms with E-state index in [1.807, 2.05) is 25.7 Å². The van der Waals surface area contributed by atoms with E-state index in [1.165, 1.54) is 6.42 Å². The fraction of sp³-hybridized carbons (Fsp3) is 0.952. The summed E-state index contributed by atoms with van der Waals surface area (Å²) in [6.07, 6.45) is 4.41. The first-order chi connectivity index (χ1) is 11.4. The van der Waals surface area contributed by atoms with Crippen LogP contribution in [0.1, 0.15) is 81.1 Å². The molecular weight excluding hydrogens is 312 g/mol. The van der Waals surface area contributed by atoms with E-state index < -0.39 is 5.60 Å². The van der Waals surface area contributed by atoms with Crippen molar-refractivity contribution in [1.82, 2.24) is 10.2 Å². The zero-order valence-corrected chi connectivity index (χ0v) is 18.0. The highest BCUT2D eigenvalue weighted by Crippen LogP contribution is 2.35. The van der Waals surface area contributed by atoms with Gasteiger partial charge in [0.25, 0.3) is 0 Å². The second kappa shape index (κ2) is 8.75. The molecular formula is C21H42N2O2. The molecule has 0 aliphatic carbocycles. The molecule has 1 heterocycles. The maximum Gasteiger partial charge on any atom is 0.410 e. The Morgan fingerprint density at radius 2 is 1.88 bits per heavy atom. The maximum atomic E-state index is 12.5. The normalized spacial score (nSPS) is 23.4. The number of carbonyl (C=O) groups is 1. The van der Waals surface area contributed by atoms with Gasteiger partial charge in [-0.15, -0.1) is 0 Å². The van der Waals surface area contributed by atoms with E-state index in [4.69, 9.17) is 4.74 Å². The second-order valence-electron chi connectivity index (χ2n) is 10.2. The Kier molecular flexibility index (Phi) is 7.79. The molecule has 0 spiro atoms. The second-order valence-corrected chi connectivity index (χ2v) is 10.2. The Hall–Kier alpha value is -0.770. The van der Waals surface area contributed by atoms with E-state index in [-0.39, 0.29) is 11.5 Å². The predicted octanol–water partition coefficient (Wildman–Crippen LogP) is 5.08. The van der Waals surface area contributed by atoms with E-state index in [9.17, 15) is 4.79 Å². The largest absolute Gasteiger partial charge is 0.444 e. The number of hydrogen-bond acceptors (Lipinski definition) is 3. The van der Waals surface area contributed by atoms with Crippen LogP contribution >= 0.6 is 0 Å². The van der Waals surface area contributed by atoms with Crippen molar-refractivity contribution in [2.24, 2.45) is 16.7 Å². The zero-order valence-electron chi connectivity index (χ0n) is 18.0. The summed E-state index contributed by atoms with van der Waals surface area (Å²) in [5.74, 6) is 0.622. The number of hydrogen-bond donors (Lipinski definition) is 1. The highest BCUT2D eigenvalue weighted by atomic mass is 16.6. The monoisotopic (exact) mass is 354 g/mol. The van der Waals surface area contributed by atoms with Gasteiger partial charge in [0.1, 0.15) is 5.60 Å². The van der Waals surface area contributed by atoms with Crippen molar-refractivity contribution in [3.05, 3.63) is 0 Å². The van der Waals surface area contributed by atoms with Gasteiger partial charge in [0, 0.05) is 25.0 Å². The quantitative estimate of drug-likeness (QED) is 0.723. The molecule has 0 saturated carbocycles. The maximum absolute atomic E-state index is 12.5. The first-order valence-electron chi connectivity index (χ1n) is 10.1. The van der Waals surface area contributed by atoms with Crippen LogP contribution in [0, 0.1) is 16.7 Å². The summed E-state index contributed by atoms with van der Waals surface area (Å²) in [6, 6.07) is 0. The van der Waals surface area contributed by atoms with E-state index in [2.05, 4.69) is 39.9 Å². The van der Waals surface area contributed by atoms with Crippen molar-refractivity contribution in [3.8, 4) is 0 Å². The van der Waals surface area contributed by atoms with Crippen LogP contribution in [0.15, 0.2) is 0 Å². The molecule has 4 nitrogen and oxygen atoms in total. The molecule has 1 amide bonds. The molecule has 0 bridgehead atoms. The van der Waals surface area contributed by atoms with Crippen molar-refractivity contribution in [2.45, 2.75) is 86.7 Å². The topological polar surface area (TPSA) is 41.6 Å². The lowest BCUT2D eigenvalue weighted by molar-refractivity contribution is 0.00214. The van der Waals surface area contributed by atoms with Gasteiger partial charge >= 0.3 is 6.09 Å². The summed E-state index contributed by atoms with van der Waals surface area (Å²) in [5, 5.41) is 3.72. The summed E-state index contributed by atoms with van der Waals surface area (Å²) >= 11 is 0. The van der Waals surface area contributed by atoms with Crippen LogP contribution in [0.5, 0.6) is 0 Å². The third-order valence-corrected chi connectivity index (χ3v) is 5.52. The van der Waals surface area contributed by atoms with Crippen molar-refractivity contribution in [3.63, 3.8) is 0 Å². The van der Waals surface area contributed by atoms with Crippen LogP contribution in [0.2, 0.25) is 0 Å². The first kappa shape index (κ1) is 22.3. The van der Waals surface area contributed by atoms with Crippen LogP contribution < -0.4 is 5.32 Å². The number of likely N-dealkylation sites (tertiary alicyclic amines) is 1. The molecule has 1 saturated heterocycles.